The molecule has 10 nitrogen and oxygen atoms in total. The van der Waals surface area contributed by atoms with Gasteiger partial charge in [0.05, 0.1) is 12.0 Å². The summed E-state index contributed by atoms with van der Waals surface area (Å²) in [5.74, 6) is -1.20. The van der Waals surface area contributed by atoms with Crippen molar-refractivity contribution in [1.82, 2.24) is 25.2 Å². The molecule has 3 N–H and O–H groups in total. The number of likely N-dealkylation sites (tertiary alicyclic amines) is 1. The fraction of sp³-hybridized carbons (Fsp3) is 0.308. The largest absolute Gasteiger partial charge is 0.384 e. The number of pyridine rings is 1. The van der Waals surface area contributed by atoms with Gasteiger partial charge in [-0.1, -0.05) is 30.7 Å². The fourth-order valence-corrected chi connectivity index (χ4v) is 4.72. The molecule has 1 saturated heterocycles. The number of nitrogens with two attached hydrogens (primary N) is 1. The number of aryl methyl sites for hydroxylation is 1. The van der Waals surface area contributed by atoms with Crippen molar-refractivity contribution in [3.63, 3.8) is 0 Å². The van der Waals surface area contributed by atoms with Crippen molar-refractivity contribution in [2.75, 3.05) is 17.7 Å². The number of amides is 4. The van der Waals surface area contributed by atoms with E-state index in [2.05, 4.69) is 20.3 Å². The Morgan fingerprint density at radius 3 is 2.57 bits per heavy atom. The van der Waals surface area contributed by atoms with Gasteiger partial charge in [-0.2, -0.15) is 0 Å². The Balaban J connectivity index is 1.61. The third kappa shape index (κ3) is 5.54. The highest BCUT2D eigenvalue weighted by Crippen LogP contribution is 2.33. The van der Waals surface area contributed by atoms with E-state index < -0.39 is 35.8 Å². The molecule has 0 bridgehead atoms. The van der Waals surface area contributed by atoms with Crippen molar-refractivity contribution in [1.29, 1.82) is 0 Å². The minimum absolute atomic E-state index is 0.167. The number of nitrogens with one attached hydrogen (secondary N) is 1. The van der Waals surface area contributed by atoms with Crippen LogP contribution in [0, 0.1) is 12.8 Å². The summed E-state index contributed by atoms with van der Waals surface area (Å²) in [5.41, 5.74) is 8.14. The van der Waals surface area contributed by atoms with Gasteiger partial charge < -0.3 is 11.1 Å². The second-order valence-corrected chi connectivity index (χ2v) is 9.35. The van der Waals surface area contributed by atoms with Crippen LogP contribution in [0.3, 0.4) is 0 Å². The first-order chi connectivity index (χ1) is 17.7. The van der Waals surface area contributed by atoms with Crippen molar-refractivity contribution < 1.29 is 14.4 Å². The van der Waals surface area contributed by atoms with E-state index in [0.29, 0.717) is 23.0 Å². The summed E-state index contributed by atoms with van der Waals surface area (Å²) < 4.78 is 0. The number of hydrogen-bond acceptors (Lipinski definition) is 7. The molecule has 2 aromatic heterocycles. The summed E-state index contributed by atoms with van der Waals surface area (Å²) >= 11 is 6.13. The Bertz CT molecular complexity index is 1300. The Labute approximate surface area is 219 Å². The quantitative estimate of drug-likeness (QED) is 0.455. The third-order valence-electron chi connectivity index (χ3n) is 6.31. The molecule has 0 spiro atoms. The zero-order chi connectivity index (χ0) is 26.7. The van der Waals surface area contributed by atoms with E-state index in [1.54, 1.807) is 37.3 Å². The summed E-state index contributed by atoms with van der Waals surface area (Å²) in [4.78, 5) is 54.9. The number of β-lactam (4-membered cyclic amide) rings is 1. The third-order valence-corrected chi connectivity index (χ3v) is 6.55. The minimum atomic E-state index is -1.05. The first kappa shape index (κ1) is 26.0. The zero-order valence-electron chi connectivity index (χ0n) is 20.8. The number of likely N-dealkylation sites (N-methyl/N-ethyl adjacent to an activating group) is 1. The van der Waals surface area contributed by atoms with E-state index in [1.807, 2.05) is 19.1 Å². The van der Waals surface area contributed by atoms with Gasteiger partial charge in [-0.25, -0.2) is 19.7 Å². The van der Waals surface area contributed by atoms with Crippen LogP contribution in [-0.4, -0.2) is 50.8 Å². The standard InChI is InChI=1S/C26H28ClN7O3/c1-4-20(17-7-5-8-18(27)14-17)32-26(37)34-22(24(36)33(3)25-29-9-6-10-30-25)19(23(34)35)12-16-11-15(2)31-21(28)13-16/h5-11,13-14,19-20,22H,4,12H2,1-3H3,(H2,28,31)(H,32,37)/t19-,20-,22+/m1/s1. The smallest absolute Gasteiger partial charge is 0.325 e. The molecule has 4 amide bonds. The predicted octanol–water partition coefficient (Wildman–Crippen LogP) is 3.31. The molecule has 11 heteroatoms. The monoisotopic (exact) mass is 521 g/mol. The van der Waals surface area contributed by atoms with Gasteiger partial charge >= 0.3 is 6.03 Å². The second kappa shape index (κ2) is 10.9. The Kier molecular flexibility index (Phi) is 7.68. The molecule has 4 rings (SSSR count). The number of imide groups is 1. The van der Waals surface area contributed by atoms with Gasteiger partial charge in [0.15, 0.2) is 0 Å². The van der Waals surface area contributed by atoms with Gasteiger partial charge in [0.2, 0.25) is 11.9 Å². The van der Waals surface area contributed by atoms with Gasteiger partial charge in [-0.05, 0) is 61.2 Å². The molecule has 0 unspecified atom stereocenters. The molecular weight excluding hydrogens is 494 g/mol. The molecule has 1 aromatic carbocycles. The van der Waals surface area contributed by atoms with Crippen LogP contribution in [0.5, 0.6) is 0 Å². The lowest BCUT2D eigenvalue weighted by Crippen LogP contribution is -2.70. The highest BCUT2D eigenvalue weighted by atomic mass is 35.5. The summed E-state index contributed by atoms with van der Waals surface area (Å²) in [6.07, 6.45) is 3.81. The first-order valence-corrected chi connectivity index (χ1v) is 12.2. The number of carbonyl (C=O) groups is 3. The SMILES string of the molecule is CC[C@@H](NC(=O)N1C(=O)[C@H](Cc2cc(C)nc(N)c2)[C@H]1C(=O)N(C)c1ncccn1)c1cccc(Cl)c1. The van der Waals surface area contributed by atoms with Crippen molar-refractivity contribution in [3.8, 4) is 0 Å². The number of rotatable bonds is 7. The summed E-state index contributed by atoms with van der Waals surface area (Å²) in [7, 11) is 1.52. The van der Waals surface area contributed by atoms with E-state index in [-0.39, 0.29) is 12.4 Å². The molecule has 3 aromatic rings. The molecule has 3 atom stereocenters. The van der Waals surface area contributed by atoms with Crippen LogP contribution in [0.25, 0.3) is 0 Å². The molecule has 0 radical (unpaired) electrons. The van der Waals surface area contributed by atoms with E-state index in [1.165, 1.54) is 24.3 Å². The van der Waals surface area contributed by atoms with Crippen LogP contribution in [0.1, 0.15) is 36.2 Å². The summed E-state index contributed by atoms with van der Waals surface area (Å²) in [6, 6.07) is 10.2. The van der Waals surface area contributed by atoms with Crippen molar-refractivity contribution in [3.05, 3.63) is 76.7 Å². The maximum Gasteiger partial charge on any atom is 0.325 e. The summed E-state index contributed by atoms with van der Waals surface area (Å²) in [5, 5.41) is 3.42. The van der Waals surface area contributed by atoms with Crippen LogP contribution in [0.15, 0.2) is 54.9 Å². The predicted molar refractivity (Wildman–Crippen MR) is 140 cm³/mol. The van der Waals surface area contributed by atoms with E-state index in [9.17, 15) is 14.4 Å². The van der Waals surface area contributed by atoms with Crippen LogP contribution in [0.4, 0.5) is 16.6 Å². The van der Waals surface area contributed by atoms with Gasteiger partial charge in [-0.3, -0.25) is 19.4 Å². The lowest BCUT2D eigenvalue weighted by atomic mass is 9.81. The van der Waals surface area contributed by atoms with Gasteiger partial charge in [0.1, 0.15) is 11.9 Å². The molecular formula is C26H28ClN7O3. The molecule has 1 fully saturated rings. The van der Waals surface area contributed by atoms with Crippen LogP contribution >= 0.6 is 11.6 Å². The fourth-order valence-electron chi connectivity index (χ4n) is 4.52. The first-order valence-electron chi connectivity index (χ1n) is 11.9. The van der Waals surface area contributed by atoms with Crippen molar-refractivity contribution in [2.45, 2.75) is 38.8 Å². The Morgan fingerprint density at radius 1 is 1.19 bits per heavy atom. The van der Waals surface area contributed by atoms with Crippen LogP contribution < -0.4 is 16.0 Å². The maximum atomic E-state index is 13.6. The average molecular weight is 522 g/mol. The van der Waals surface area contributed by atoms with E-state index in [4.69, 9.17) is 17.3 Å². The number of nitrogens with zero attached hydrogens (tertiary/aromatic N) is 5. The number of benzene rings is 1. The lowest BCUT2D eigenvalue weighted by molar-refractivity contribution is -0.156. The van der Waals surface area contributed by atoms with Gasteiger partial charge in [-0.15, -0.1) is 0 Å². The van der Waals surface area contributed by atoms with Crippen LogP contribution in [0.2, 0.25) is 5.02 Å². The lowest BCUT2D eigenvalue weighted by Gasteiger charge is -2.45. The molecule has 192 valence electrons. The van der Waals surface area contributed by atoms with Gasteiger partial charge in [0.25, 0.3) is 5.91 Å². The van der Waals surface area contributed by atoms with Crippen molar-refractivity contribution in [2.24, 2.45) is 5.92 Å². The second-order valence-electron chi connectivity index (χ2n) is 8.92. The minimum Gasteiger partial charge on any atom is -0.384 e. The average Bonchev–Trinajstić information content (AvgIpc) is 2.87. The number of urea groups is 1. The number of hydrogen-bond donors (Lipinski definition) is 2. The molecule has 3 heterocycles. The topological polar surface area (TPSA) is 134 Å². The Morgan fingerprint density at radius 2 is 1.92 bits per heavy atom. The number of halogens is 1. The molecule has 1 aliphatic heterocycles. The molecule has 37 heavy (non-hydrogen) atoms. The van der Waals surface area contributed by atoms with Crippen LogP contribution in [-0.2, 0) is 16.0 Å². The number of aromatic nitrogens is 3. The molecule has 1 aliphatic rings. The molecule has 0 aliphatic carbocycles. The number of nitrogen functional groups attached to an aromatic ring is 1. The van der Waals surface area contributed by atoms with E-state index >= 15 is 0 Å². The number of anilines is 2. The normalized spacial score (nSPS) is 17.6. The highest BCUT2D eigenvalue weighted by Gasteiger charge is 2.55. The Hall–Kier alpha value is -4.05. The zero-order valence-corrected chi connectivity index (χ0v) is 21.5. The van der Waals surface area contributed by atoms with E-state index in [0.717, 1.165) is 16.0 Å². The van der Waals surface area contributed by atoms with Crippen molar-refractivity contribution >= 4 is 41.2 Å². The summed E-state index contributed by atoms with van der Waals surface area (Å²) in [6.45, 7) is 3.71. The van der Waals surface area contributed by atoms with Gasteiger partial charge in [0, 0.05) is 30.2 Å². The number of carbonyl (C=O) groups excluding carboxylic acids is 3. The molecule has 0 saturated carbocycles. The highest BCUT2D eigenvalue weighted by molar-refractivity contribution is 6.30. The maximum absolute atomic E-state index is 13.6.